The molecule has 8 heavy (non-hydrogen) atoms. The normalized spacial score (nSPS) is 10.5. The predicted molar refractivity (Wildman–Crippen MR) is 43.4 cm³/mol. The van der Waals surface area contributed by atoms with Gasteiger partial charge in [-0.2, -0.15) is 0 Å². The van der Waals surface area contributed by atoms with E-state index in [0.717, 1.165) is 12.5 Å². The fourth-order valence-corrected chi connectivity index (χ4v) is 2.55. The van der Waals surface area contributed by atoms with Crippen LogP contribution in [-0.2, 0) is 0 Å². The van der Waals surface area contributed by atoms with Gasteiger partial charge in [0.15, 0.2) is 0 Å². The molecular formula is C3H10Cl3NSi. The first-order valence-corrected chi connectivity index (χ1v) is 7.37. The second kappa shape index (κ2) is 4.88. The quantitative estimate of drug-likeness (QED) is 0.532. The standard InChI is InChI=1S/C3H7Cl3Si.H3N/c1-2-3-7(4,5)6;/h2-3H2,1H3;1H3. The van der Waals surface area contributed by atoms with E-state index in [9.17, 15) is 0 Å². The average molecular weight is 195 g/mol. The lowest BCUT2D eigenvalue weighted by Gasteiger charge is -2.01. The highest BCUT2D eigenvalue weighted by molar-refractivity contribution is 7.64. The molecule has 0 aliphatic carbocycles. The van der Waals surface area contributed by atoms with Crippen LogP contribution < -0.4 is 6.15 Å². The Morgan fingerprint density at radius 2 is 1.62 bits per heavy atom. The molecule has 0 amide bonds. The van der Waals surface area contributed by atoms with Crippen LogP contribution in [0.15, 0.2) is 0 Å². The SMILES string of the molecule is CCC[Si](Cl)(Cl)Cl.N. The maximum atomic E-state index is 5.50. The molecule has 1 nitrogen and oxygen atoms in total. The molecular weight excluding hydrogens is 184 g/mol. The molecule has 0 radical (unpaired) electrons. The van der Waals surface area contributed by atoms with Crippen molar-refractivity contribution in [3.05, 3.63) is 0 Å². The highest BCUT2D eigenvalue weighted by Crippen LogP contribution is 2.25. The van der Waals surface area contributed by atoms with E-state index in [1.807, 2.05) is 6.92 Å². The lowest BCUT2D eigenvalue weighted by Crippen LogP contribution is -2.06. The molecule has 0 heterocycles. The van der Waals surface area contributed by atoms with Crippen LogP contribution in [0, 0.1) is 0 Å². The third-order valence-electron chi connectivity index (χ3n) is 0.533. The molecule has 0 aromatic heterocycles. The van der Waals surface area contributed by atoms with Crippen molar-refractivity contribution in [2.24, 2.45) is 0 Å². The minimum atomic E-state index is -2.24. The predicted octanol–water partition coefficient (Wildman–Crippen LogP) is 3.21. The summed E-state index contributed by atoms with van der Waals surface area (Å²) in [4.78, 5) is 0. The third kappa shape index (κ3) is 10.1. The maximum absolute atomic E-state index is 5.50. The van der Waals surface area contributed by atoms with Crippen LogP contribution in [0.2, 0.25) is 6.04 Å². The van der Waals surface area contributed by atoms with E-state index >= 15 is 0 Å². The van der Waals surface area contributed by atoms with Gasteiger partial charge in [-0.05, 0) is 6.04 Å². The fraction of sp³-hybridized carbons (Fsp3) is 1.00. The van der Waals surface area contributed by atoms with Crippen molar-refractivity contribution in [2.45, 2.75) is 19.4 Å². The summed E-state index contributed by atoms with van der Waals surface area (Å²) in [5.41, 5.74) is 0. The Bertz CT molecular complexity index is 53.0. The zero-order chi connectivity index (χ0) is 5.91. The van der Waals surface area contributed by atoms with E-state index in [4.69, 9.17) is 33.2 Å². The zero-order valence-electron chi connectivity index (χ0n) is 4.76. The summed E-state index contributed by atoms with van der Waals surface area (Å²) >= 11 is 16.5. The molecule has 0 rings (SSSR count). The summed E-state index contributed by atoms with van der Waals surface area (Å²) in [5, 5.41) is 0. The molecule has 0 saturated heterocycles. The Labute approximate surface area is 65.0 Å². The highest BCUT2D eigenvalue weighted by atomic mass is 35.8. The van der Waals surface area contributed by atoms with Crippen LogP contribution in [0.4, 0.5) is 0 Å². The number of halogens is 3. The number of hydrogen-bond acceptors (Lipinski definition) is 1. The molecule has 0 aromatic rings. The first kappa shape index (κ1) is 11.8. The van der Waals surface area contributed by atoms with Gasteiger partial charge in [0.2, 0.25) is 0 Å². The summed E-state index contributed by atoms with van der Waals surface area (Å²) in [6, 6.07) is -1.47. The average Bonchev–Trinajstić information content (AvgIpc) is 1.30. The van der Waals surface area contributed by atoms with Crippen molar-refractivity contribution in [1.29, 1.82) is 0 Å². The summed E-state index contributed by atoms with van der Waals surface area (Å²) in [5.74, 6) is 0. The van der Waals surface area contributed by atoms with Gasteiger partial charge in [0.05, 0.1) is 0 Å². The molecule has 0 fully saturated rings. The lowest BCUT2D eigenvalue weighted by atomic mass is 10.6. The van der Waals surface area contributed by atoms with Gasteiger partial charge in [-0.25, -0.2) is 0 Å². The lowest BCUT2D eigenvalue weighted by molar-refractivity contribution is 1.07. The first-order chi connectivity index (χ1) is 3.06. The van der Waals surface area contributed by atoms with E-state index in [-0.39, 0.29) is 6.15 Å². The van der Waals surface area contributed by atoms with Crippen LogP contribution in [-0.4, -0.2) is 6.00 Å². The summed E-state index contributed by atoms with van der Waals surface area (Å²) in [7, 11) is 0. The molecule has 52 valence electrons. The number of hydrogen-bond donors (Lipinski definition) is 1. The van der Waals surface area contributed by atoms with Crippen molar-refractivity contribution in [2.75, 3.05) is 0 Å². The van der Waals surface area contributed by atoms with Crippen LogP contribution in [0.3, 0.4) is 0 Å². The first-order valence-electron chi connectivity index (χ1n) is 2.13. The van der Waals surface area contributed by atoms with Crippen molar-refractivity contribution >= 4 is 39.2 Å². The van der Waals surface area contributed by atoms with E-state index in [0.29, 0.717) is 0 Å². The van der Waals surface area contributed by atoms with Crippen molar-refractivity contribution in [3.63, 3.8) is 0 Å². The van der Waals surface area contributed by atoms with Gasteiger partial charge in [0, 0.05) is 0 Å². The molecule has 0 aliphatic rings. The summed E-state index contributed by atoms with van der Waals surface area (Å²) < 4.78 is 0. The van der Waals surface area contributed by atoms with Crippen LogP contribution in [0.25, 0.3) is 0 Å². The van der Waals surface area contributed by atoms with Gasteiger partial charge in [0.1, 0.15) is 0 Å². The molecule has 0 unspecified atom stereocenters. The topological polar surface area (TPSA) is 35.0 Å². The van der Waals surface area contributed by atoms with Crippen LogP contribution in [0.1, 0.15) is 13.3 Å². The van der Waals surface area contributed by atoms with Gasteiger partial charge in [-0.1, -0.05) is 13.3 Å². The Morgan fingerprint density at radius 1 is 1.25 bits per heavy atom. The van der Waals surface area contributed by atoms with E-state index in [2.05, 4.69) is 0 Å². The van der Waals surface area contributed by atoms with Crippen LogP contribution in [0.5, 0.6) is 0 Å². The Kier molecular flexibility index (Phi) is 7.20. The molecule has 0 saturated carbocycles. The molecule has 3 N–H and O–H groups in total. The van der Waals surface area contributed by atoms with Crippen molar-refractivity contribution < 1.29 is 0 Å². The smallest absolute Gasteiger partial charge is 0.341 e. The van der Waals surface area contributed by atoms with E-state index in [1.165, 1.54) is 0 Å². The van der Waals surface area contributed by atoms with Gasteiger partial charge in [-0.3, -0.25) is 0 Å². The van der Waals surface area contributed by atoms with E-state index < -0.39 is 6.00 Å². The Morgan fingerprint density at radius 3 is 1.62 bits per heavy atom. The fourth-order valence-electron chi connectivity index (χ4n) is 0.283. The molecule has 5 heteroatoms. The molecule has 0 aliphatic heterocycles. The Balaban J connectivity index is 0. The molecule has 0 spiro atoms. The zero-order valence-corrected chi connectivity index (χ0v) is 8.02. The summed E-state index contributed by atoms with van der Waals surface area (Å²) in [6.45, 7) is 2.01. The molecule has 0 bridgehead atoms. The van der Waals surface area contributed by atoms with E-state index in [1.54, 1.807) is 0 Å². The van der Waals surface area contributed by atoms with Crippen LogP contribution >= 0.6 is 33.2 Å². The van der Waals surface area contributed by atoms with Gasteiger partial charge < -0.3 is 6.15 Å². The van der Waals surface area contributed by atoms with Gasteiger partial charge in [-0.15, -0.1) is 33.2 Å². The second-order valence-corrected chi connectivity index (χ2v) is 10.6. The van der Waals surface area contributed by atoms with Crippen molar-refractivity contribution in [3.8, 4) is 0 Å². The Hall–Kier alpha value is 1.05. The van der Waals surface area contributed by atoms with Gasteiger partial charge in [0.25, 0.3) is 0 Å². The third-order valence-corrected chi connectivity index (χ3v) is 3.30. The summed E-state index contributed by atoms with van der Waals surface area (Å²) in [6.07, 6.45) is 0.975. The molecule has 0 atom stereocenters. The van der Waals surface area contributed by atoms with Crippen molar-refractivity contribution in [1.82, 2.24) is 6.15 Å². The largest absolute Gasteiger partial charge is 0.344 e. The van der Waals surface area contributed by atoms with Gasteiger partial charge >= 0.3 is 6.00 Å². The maximum Gasteiger partial charge on any atom is 0.341 e. The minimum absolute atomic E-state index is 0. The number of rotatable bonds is 2. The minimum Gasteiger partial charge on any atom is -0.344 e. The molecule has 0 aromatic carbocycles. The monoisotopic (exact) mass is 193 g/mol. The highest BCUT2D eigenvalue weighted by Gasteiger charge is 2.22. The second-order valence-electron chi connectivity index (χ2n) is 1.37.